The lowest BCUT2D eigenvalue weighted by molar-refractivity contribution is -0.136. The molecule has 1 atom stereocenters. The fraction of sp³-hybridized carbons (Fsp3) is 0.176. The number of hydrogen-bond acceptors (Lipinski definition) is 4. The molecule has 0 aliphatic carbocycles. The molecule has 1 heterocycles. The molecule has 1 aliphatic rings. The molecule has 7 heteroatoms. The largest absolute Gasteiger partial charge is 0.486 e. The second-order valence-corrected chi connectivity index (χ2v) is 5.61. The number of fused-ring (bicyclic) bond motifs is 1. The minimum atomic E-state index is -0.755. The van der Waals surface area contributed by atoms with Crippen LogP contribution >= 0.6 is 11.6 Å². The van der Waals surface area contributed by atoms with E-state index in [0.29, 0.717) is 28.8 Å². The van der Waals surface area contributed by atoms with Gasteiger partial charge in [0.1, 0.15) is 12.7 Å². The quantitative estimate of drug-likeness (QED) is 0.836. The van der Waals surface area contributed by atoms with Crippen LogP contribution < -0.4 is 20.1 Å². The van der Waals surface area contributed by atoms with Gasteiger partial charge in [-0.2, -0.15) is 0 Å². The molecule has 1 unspecified atom stereocenters. The van der Waals surface area contributed by atoms with Crippen molar-refractivity contribution in [3.63, 3.8) is 0 Å². The first-order valence-electron chi connectivity index (χ1n) is 7.35. The third-order valence-electron chi connectivity index (χ3n) is 3.37. The molecule has 0 aromatic heterocycles. The SMILES string of the molecule is O=C(NCC1COc2ccccc2O1)C(=O)Nc1ccc(Cl)cc1. The number of nitrogens with one attached hydrogen (secondary N) is 2. The van der Waals surface area contributed by atoms with Crippen LogP contribution in [0.4, 0.5) is 5.69 Å². The molecule has 2 amide bonds. The van der Waals surface area contributed by atoms with Gasteiger partial charge in [0.25, 0.3) is 0 Å². The molecule has 6 nitrogen and oxygen atoms in total. The number of hydrogen-bond donors (Lipinski definition) is 2. The van der Waals surface area contributed by atoms with Crippen molar-refractivity contribution in [2.45, 2.75) is 6.10 Å². The van der Waals surface area contributed by atoms with Crippen molar-refractivity contribution >= 4 is 29.1 Å². The maximum atomic E-state index is 11.9. The Morgan fingerprint density at radius 2 is 1.75 bits per heavy atom. The number of benzene rings is 2. The second kappa shape index (κ2) is 7.23. The molecule has 0 fully saturated rings. The highest BCUT2D eigenvalue weighted by molar-refractivity contribution is 6.39. The monoisotopic (exact) mass is 346 g/mol. The van der Waals surface area contributed by atoms with Gasteiger partial charge in [-0.25, -0.2) is 0 Å². The van der Waals surface area contributed by atoms with Crippen LogP contribution in [0.25, 0.3) is 0 Å². The average Bonchev–Trinajstić information content (AvgIpc) is 2.61. The summed E-state index contributed by atoms with van der Waals surface area (Å²) < 4.78 is 11.3. The topological polar surface area (TPSA) is 76.7 Å². The summed E-state index contributed by atoms with van der Waals surface area (Å²) in [6.45, 7) is 0.470. The van der Waals surface area contributed by atoms with Crippen LogP contribution in [-0.4, -0.2) is 31.1 Å². The van der Waals surface area contributed by atoms with Crippen molar-refractivity contribution < 1.29 is 19.1 Å². The van der Waals surface area contributed by atoms with Gasteiger partial charge >= 0.3 is 11.8 Å². The number of amides is 2. The number of anilines is 1. The van der Waals surface area contributed by atoms with E-state index >= 15 is 0 Å². The zero-order valence-electron chi connectivity index (χ0n) is 12.6. The maximum Gasteiger partial charge on any atom is 0.313 e. The third kappa shape index (κ3) is 3.97. The summed E-state index contributed by atoms with van der Waals surface area (Å²) in [5.41, 5.74) is 0.491. The van der Waals surface area contributed by atoms with Crippen LogP contribution in [0, 0.1) is 0 Å². The highest BCUT2D eigenvalue weighted by Gasteiger charge is 2.22. The first-order chi connectivity index (χ1) is 11.6. The predicted octanol–water partition coefficient (Wildman–Crippen LogP) is 2.23. The van der Waals surface area contributed by atoms with Crippen LogP contribution in [0.3, 0.4) is 0 Å². The van der Waals surface area contributed by atoms with Gasteiger partial charge in [0.15, 0.2) is 11.5 Å². The molecule has 2 aromatic carbocycles. The molecule has 0 saturated heterocycles. The average molecular weight is 347 g/mol. The molecule has 24 heavy (non-hydrogen) atoms. The van der Waals surface area contributed by atoms with Crippen molar-refractivity contribution in [2.24, 2.45) is 0 Å². The van der Waals surface area contributed by atoms with E-state index in [2.05, 4.69) is 10.6 Å². The zero-order chi connectivity index (χ0) is 16.9. The van der Waals surface area contributed by atoms with Crippen LogP contribution in [0.5, 0.6) is 11.5 Å². The Morgan fingerprint density at radius 1 is 1.04 bits per heavy atom. The van der Waals surface area contributed by atoms with Gasteiger partial charge in [-0.1, -0.05) is 23.7 Å². The van der Waals surface area contributed by atoms with E-state index < -0.39 is 11.8 Å². The van der Waals surface area contributed by atoms with Crippen molar-refractivity contribution in [3.8, 4) is 11.5 Å². The van der Waals surface area contributed by atoms with Gasteiger partial charge in [0, 0.05) is 10.7 Å². The minimum absolute atomic E-state index is 0.168. The van der Waals surface area contributed by atoms with E-state index in [0.717, 1.165) is 0 Å². The lowest BCUT2D eigenvalue weighted by Gasteiger charge is -2.26. The molecule has 1 aliphatic heterocycles. The smallest absolute Gasteiger partial charge is 0.313 e. The van der Waals surface area contributed by atoms with Crippen molar-refractivity contribution in [2.75, 3.05) is 18.5 Å². The van der Waals surface area contributed by atoms with Gasteiger partial charge in [-0.3, -0.25) is 9.59 Å². The Balaban J connectivity index is 1.49. The lowest BCUT2D eigenvalue weighted by Crippen LogP contribution is -2.44. The maximum absolute atomic E-state index is 11.9. The van der Waals surface area contributed by atoms with E-state index in [9.17, 15) is 9.59 Å². The Kier molecular flexibility index (Phi) is 4.86. The van der Waals surface area contributed by atoms with Crippen LogP contribution in [0.2, 0.25) is 5.02 Å². The molecular formula is C17H15ClN2O4. The normalized spacial score (nSPS) is 15.5. The highest BCUT2D eigenvalue weighted by atomic mass is 35.5. The Labute approximate surface area is 143 Å². The molecule has 0 bridgehead atoms. The molecule has 0 saturated carbocycles. The highest BCUT2D eigenvalue weighted by Crippen LogP contribution is 2.30. The Hall–Kier alpha value is -2.73. The van der Waals surface area contributed by atoms with E-state index in [1.54, 1.807) is 30.3 Å². The van der Waals surface area contributed by atoms with Crippen LogP contribution in [0.15, 0.2) is 48.5 Å². The fourth-order valence-electron chi connectivity index (χ4n) is 2.17. The summed E-state index contributed by atoms with van der Waals surface area (Å²) in [7, 11) is 0. The van der Waals surface area contributed by atoms with E-state index in [1.165, 1.54) is 0 Å². The number of halogens is 1. The molecule has 2 aromatic rings. The summed E-state index contributed by atoms with van der Waals surface area (Å²) in [6, 6.07) is 13.8. The summed E-state index contributed by atoms with van der Waals surface area (Å²) in [5.74, 6) is -0.212. The van der Waals surface area contributed by atoms with Gasteiger partial charge in [-0.15, -0.1) is 0 Å². The fourth-order valence-corrected chi connectivity index (χ4v) is 2.30. The van der Waals surface area contributed by atoms with E-state index in [-0.39, 0.29) is 12.6 Å². The van der Waals surface area contributed by atoms with E-state index in [4.69, 9.17) is 21.1 Å². The molecular weight excluding hydrogens is 332 g/mol. The number of rotatable bonds is 3. The number of carbonyl (C=O) groups is 2. The van der Waals surface area contributed by atoms with Gasteiger partial charge in [0.05, 0.1) is 6.54 Å². The van der Waals surface area contributed by atoms with E-state index in [1.807, 2.05) is 18.2 Å². The predicted molar refractivity (Wildman–Crippen MR) is 89.4 cm³/mol. The standard InChI is InChI=1S/C17H15ClN2O4/c18-11-5-7-12(8-6-11)20-17(22)16(21)19-9-13-10-23-14-3-1-2-4-15(14)24-13/h1-8,13H,9-10H2,(H,19,21)(H,20,22). The summed E-state index contributed by atoms with van der Waals surface area (Å²) in [6.07, 6.45) is -0.354. The second-order valence-electron chi connectivity index (χ2n) is 5.17. The molecule has 3 rings (SSSR count). The first kappa shape index (κ1) is 16.1. The molecule has 124 valence electrons. The van der Waals surface area contributed by atoms with Crippen molar-refractivity contribution in [1.82, 2.24) is 5.32 Å². The number of para-hydroxylation sites is 2. The first-order valence-corrected chi connectivity index (χ1v) is 7.73. The summed E-state index contributed by atoms with van der Waals surface area (Å²) >= 11 is 5.76. The van der Waals surface area contributed by atoms with Crippen molar-refractivity contribution in [3.05, 3.63) is 53.6 Å². The zero-order valence-corrected chi connectivity index (χ0v) is 13.4. The summed E-state index contributed by atoms with van der Waals surface area (Å²) in [4.78, 5) is 23.7. The van der Waals surface area contributed by atoms with Gasteiger partial charge < -0.3 is 20.1 Å². The van der Waals surface area contributed by atoms with Crippen molar-refractivity contribution in [1.29, 1.82) is 0 Å². The number of carbonyl (C=O) groups excluding carboxylic acids is 2. The third-order valence-corrected chi connectivity index (χ3v) is 3.62. The number of ether oxygens (including phenoxy) is 2. The van der Waals surface area contributed by atoms with Crippen LogP contribution in [-0.2, 0) is 9.59 Å². The molecule has 0 spiro atoms. The Morgan fingerprint density at radius 3 is 2.50 bits per heavy atom. The molecule has 0 radical (unpaired) electrons. The van der Waals surface area contributed by atoms with Gasteiger partial charge in [-0.05, 0) is 36.4 Å². The molecule has 2 N–H and O–H groups in total. The lowest BCUT2D eigenvalue weighted by atomic mass is 10.2. The Bertz CT molecular complexity index is 749. The minimum Gasteiger partial charge on any atom is -0.486 e. The van der Waals surface area contributed by atoms with Crippen LogP contribution in [0.1, 0.15) is 0 Å². The van der Waals surface area contributed by atoms with Gasteiger partial charge in [0.2, 0.25) is 0 Å². The summed E-state index contributed by atoms with van der Waals surface area (Å²) in [5, 5.41) is 5.57.